The Bertz CT molecular complexity index is 438. The van der Waals surface area contributed by atoms with Crippen molar-refractivity contribution in [2.75, 3.05) is 13.2 Å². The Morgan fingerprint density at radius 3 is 3.00 bits per heavy atom. The minimum Gasteiger partial charge on any atom is -0.353 e. The standard InChI is InChI=1S/C14H14ClFO2/c15-12-8-11(9-13(16)10-12)4-3-7-18-14-5-1-2-6-17-14/h8-10,14H,1-2,5-7H2. The maximum Gasteiger partial charge on any atom is 0.158 e. The van der Waals surface area contributed by atoms with Gasteiger partial charge in [-0.3, -0.25) is 0 Å². The van der Waals surface area contributed by atoms with Crippen molar-refractivity contribution in [1.29, 1.82) is 0 Å². The molecule has 1 aliphatic heterocycles. The summed E-state index contributed by atoms with van der Waals surface area (Å²) in [6.45, 7) is 1.02. The zero-order valence-corrected chi connectivity index (χ0v) is 10.7. The van der Waals surface area contributed by atoms with Crippen LogP contribution in [-0.4, -0.2) is 19.5 Å². The average Bonchev–Trinajstić information content (AvgIpc) is 2.35. The summed E-state index contributed by atoms with van der Waals surface area (Å²) in [5.41, 5.74) is 0.549. The largest absolute Gasteiger partial charge is 0.353 e. The van der Waals surface area contributed by atoms with Gasteiger partial charge in [0, 0.05) is 17.2 Å². The van der Waals surface area contributed by atoms with Crippen molar-refractivity contribution in [3.05, 3.63) is 34.6 Å². The monoisotopic (exact) mass is 268 g/mol. The van der Waals surface area contributed by atoms with E-state index in [0.29, 0.717) is 10.6 Å². The molecule has 0 amide bonds. The Hall–Kier alpha value is -1.08. The zero-order chi connectivity index (χ0) is 12.8. The molecule has 0 aromatic heterocycles. The first-order valence-electron chi connectivity index (χ1n) is 5.92. The summed E-state index contributed by atoms with van der Waals surface area (Å²) in [6, 6.07) is 4.21. The molecule has 1 aliphatic rings. The Morgan fingerprint density at radius 2 is 2.28 bits per heavy atom. The van der Waals surface area contributed by atoms with Crippen molar-refractivity contribution < 1.29 is 13.9 Å². The Labute approximate surface area is 111 Å². The molecule has 0 N–H and O–H groups in total. The lowest BCUT2D eigenvalue weighted by molar-refractivity contribution is -0.154. The molecule has 1 fully saturated rings. The number of halogens is 2. The highest BCUT2D eigenvalue weighted by atomic mass is 35.5. The van der Waals surface area contributed by atoms with Crippen molar-refractivity contribution in [3.8, 4) is 11.8 Å². The lowest BCUT2D eigenvalue weighted by Crippen LogP contribution is -2.22. The summed E-state index contributed by atoms with van der Waals surface area (Å²) in [6.07, 6.45) is 2.97. The van der Waals surface area contributed by atoms with Gasteiger partial charge in [0.2, 0.25) is 0 Å². The summed E-state index contributed by atoms with van der Waals surface area (Å²) >= 11 is 5.73. The van der Waals surface area contributed by atoms with Crippen molar-refractivity contribution in [2.24, 2.45) is 0 Å². The topological polar surface area (TPSA) is 18.5 Å². The van der Waals surface area contributed by atoms with Crippen LogP contribution < -0.4 is 0 Å². The van der Waals surface area contributed by atoms with Crippen LogP contribution in [0, 0.1) is 17.7 Å². The van der Waals surface area contributed by atoms with Gasteiger partial charge in [0.1, 0.15) is 12.4 Å². The first-order valence-corrected chi connectivity index (χ1v) is 6.30. The maximum absolute atomic E-state index is 13.0. The molecule has 0 saturated carbocycles. The second-order valence-electron chi connectivity index (χ2n) is 4.07. The molecule has 0 spiro atoms. The molecule has 2 nitrogen and oxygen atoms in total. The van der Waals surface area contributed by atoms with Crippen LogP contribution in [0.15, 0.2) is 18.2 Å². The van der Waals surface area contributed by atoms with Gasteiger partial charge in [-0.1, -0.05) is 23.4 Å². The third-order valence-electron chi connectivity index (χ3n) is 2.57. The first-order chi connectivity index (χ1) is 8.74. The van der Waals surface area contributed by atoms with E-state index in [9.17, 15) is 4.39 Å². The zero-order valence-electron chi connectivity index (χ0n) is 9.92. The first kappa shape index (κ1) is 13.4. The van der Waals surface area contributed by atoms with Crippen molar-refractivity contribution in [2.45, 2.75) is 25.6 Å². The highest BCUT2D eigenvalue weighted by Crippen LogP contribution is 2.14. The van der Waals surface area contributed by atoms with Crippen LogP contribution in [-0.2, 0) is 9.47 Å². The molecule has 96 valence electrons. The SMILES string of the molecule is Fc1cc(Cl)cc(C#CCOC2CCCCO2)c1. The van der Waals surface area contributed by atoms with Crippen molar-refractivity contribution in [3.63, 3.8) is 0 Å². The maximum atomic E-state index is 13.0. The van der Waals surface area contributed by atoms with Crippen LogP contribution in [0.1, 0.15) is 24.8 Å². The molecule has 1 aromatic carbocycles. The van der Waals surface area contributed by atoms with E-state index < -0.39 is 0 Å². The van der Waals surface area contributed by atoms with E-state index in [1.807, 2.05) is 0 Å². The lowest BCUT2D eigenvalue weighted by atomic mass is 10.2. The molecule has 1 aromatic rings. The van der Waals surface area contributed by atoms with Crippen LogP contribution in [0.4, 0.5) is 4.39 Å². The molecular formula is C14H14ClFO2. The van der Waals surface area contributed by atoms with E-state index in [4.69, 9.17) is 21.1 Å². The van der Waals surface area contributed by atoms with Gasteiger partial charge >= 0.3 is 0 Å². The predicted octanol–water partition coefficient (Wildman–Crippen LogP) is 3.37. The van der Waals surface area contributed by atoms with Crippen LogP contribution in [0.25, 0.3) is 0 Å². The van der Waals surface area contributed by atoms with E-state index in [0.717, 1.165) is 25.9 Å². The number of rotatable bonds is 2. The van der Waals surface area contributed by atoms with Crippen molar-refractivity contribution in [1.82, 2.24) is 0 Å². The van der Waals surface area contributed by atoms with E-state index in [1.165, 1.54) is 12.1 Å². The predicted molar refractivity (Wildman–Crippen MR) is 67.8 cm³/mol. The quantitative estimate of drug-likeness (QED) is 0.766. The minimum absolute atomic E-state index is 0.149. The van der Waals surface area contributed by atoms with E-state index in [1.54, 1.807) is 6.07 Å². The van der Waals surface area contributed by atoms with Crippen LogP contribution in [0.2, 0.25) is 5.02 Å². The molecule has 1 atom stereocenters. The van der Waals surface area contributed by atoms with Gasteiger partial charge in [-0.25, -0.2) is 4.39 Å². The van der Waals surface area contributed by atoms with Gasteiger partial charge in [0.25, 0.3) is 0 Å². The number of hydrogen-bond acceptors (Lipinski definition) is 2. The van der Waals surface area contributed by atoms with Crippen LogP contribution >= 0.6 is 11.6 Å². The molecule has 0 radical (unpaired) electrons. The molecule has 1 saturated heterocycles. The highest BCUT2D eigenvalue weighted by Gasteiger charge is 2.12. The van der Waals surface area contributed by atoms with Crippen LogP contribution in [0.3, 0.4) is 0 Å². The molecule has 1 unspecified atom stereocenters. The smallest absolute Gasteiger partial charge is 0.158 e. The second-order valence-corrected chi connectivity index (χ2v) is 4.50. The summed E-state index contributed by atoms with van der Waals surface area (Å²) in [5.74, 6) is 5.25. The fraction of sp³-hybridized carbons (Fsp3) is 0.429. The van der Waals surface area contributed by atoms with Crippen molar-refractivity contribution >= 4 is 11.6 Å². The fourth-order valence-corrected chi connectivity index (χ4v) is 1.96. The minimum atomic E-state index is -0.386. The Morgan fingerprint density at radius 1 is 1.39 bits per heavy atom. The summed E-state index contributed by atoms with van der Waals surface area (Å²) < 4.78 is 23.9. The fourth-order valence-electron chi connectivity index (χ4n) is 1.74. The lowest BCUT2D eigenvalue weighted by Gasteiger charge is -2.21. The molecule has 18 heavy (non-hydrogen) atoms. The molecule has 4 heteroatoms. The average molecular weight is 269 g/mol. The summed E-state index contributed by atoms with van der Waals surface area (Å²) in [5, 5.41) is 0.343. The molecule has 0 bridgehead atoms. The molecular weight excluding hydrogens is 255 g/mol. The highest BCUT2D eigenvalue weighted by molar-refractivity contribution is 6.30. The number of ether oxygens (including phenoxy) is 2. The van der Waals surface area contributed by atoms with Gasteiger partial charge in [-0.2, -0.15) is 0 Å². The Balaban J connectivity index is 1.84. The number of benzene rings is 1. The van der Waals surface area contributed by atoms with Gasteiger partial charge in [-0.15, -0.1) is 0 Å². The second kappa shape index (κ2) is 6.75. The Kier molecular flexibility index (Phi) is 5.00. The van der Waals surface area contributed by atoms with E-state index in [2.05, 4.69) is 11.8 Å². The van der Waals surface area contributed by atoms with E-state index in [-0.39, 0.29) is 18.7 Å². The van der Waals surface area contributed by atoms with E-state index >= 15 is 0 Å². The van der Waals surface area contributed by atoms with Gasteiger partial charge in [0.05, 0.1) is 0 Å². The number of hydrogen-bond donors (Lipinski definition) is 0. The van der Waals surface area contributed by atoms with Crippen LogP contribution in [0.5, 0.6) is 0 Å². The normalized spacial score (nSPS) is 19.1. The third-order valence-corrected chi connectivity index (χ3v) is 2.79. The van der Waals surface area contributed by atoms with Gasteiger partial charge < -0.3 is 9.47 Å². The molecule has 0 aliphatic carbocycles. The summed E-state index contributed by atoms with van der Waals surface area (Å²) in [4.78, 5) is 0. The molecule has 2 rings (SSSR count). The third kappa shape index (κ3) is 4.30. The van der Waals surface area contributed by atoms with Gasteiger partial charge in [0.15, 0.2) is 6.29 Å². The molecule has 1 heterocycles. The summed E-state index contributed by atoms with van der Waals surface area (Å²) in [7, 11) is 0. The van der Waals surface area contributed by atoms with Gasteiger partial charge in [-0.05, 0) is 37.5 Å².